The fourth-order valence-corrected chi connectivity index (χ4v) is 3.27. The highest BCUT2D eigenvalue weighted by Gasteiger charge is 2.32. The van der Waals surface area contributed by atoms with Crippen molar-refractivity contribution in [3.63, 3.8) is 0 Å². The van der Waals surface area contributed by atoms with Crippen molar-refractivity contribution in [2.24, 2.45) is 5.73 Å². The summed E-state index contributed by atoms with van der Waals surface area (Å²) in [5, 5.41) is 2.65. The molecule has 1 saturated heterocycles. The second-order valence-corrected chi connectivity index (χ2v) is 6.99. The zero-order valence-electron chi connectivity index (χ0n) is 13.9. The highest BCUT2D eigenvalue weighted by atomic mass is 32.2. The first-order valence-electron chi connectivity index (χ1n) is 7.36. The van der Waals surface area contributed by atoms with Crippen molar-refractivity contribution in [2.45, 2.75) is 13.8 Å². The minimum Gasteiger partial charge on any atom is -0.365 e. The zero-order chi connectivity index (χ0) is 19.4. The van der Waals surface area contributed by atoms with Gasteiger partial charge in [-0.15, -0.1) is 0 Å². The Labute approximate surface area is 159 Å². The molecule has 3 N–H and O–H groups in total. The Morgan fingerprint density at radius 2 is 1.81 bits per heavy atom. The standard InChI is InChI=1S/C17H15N3O4S2/c1-9(21)13(15(18)23)8-20-16(24)14(26-17(20)25)7-11-3-5-12(6-4-11)19-10(2)22/h3-8H,1-2H3,(H2,18,23)(H,19,22). The number of rotatable bonds is 5. The molecule has 134 valence electrons. The number of benzene rings is 1. The molecule has 0 saturated carbocycles. The molecule has 1 fully saturated rings. The molecular formula is C17H15N3O4S2. The van der Waals surface area contributed by atoms with Gasteiger partial charge in [0.2, 0.25) is 5.91 Å². The molecule has 1 heterocycles. The average Bonchev–Trinajstić information content (AvgIpc) is 2.80. The van der Waals surface area contributed by atoms with Gasteiger partial charge in [-0.1, -0.05) is 36.1 Å². The summed E-state index contributed by atoms with van der Waals surface area (Å²) in [5.74, 6) is -2.11. The van der Waals surface area contributed by atoms with Crippen molar-refractivity contribution >= 4 is 63.6 Å². The number of nitrogens with two attached hydrogens (primary N) is 1. The van der Waals surface area contributed by atoms with Crippen LogP contribution in [0.25, 0.3) is 6.08 Å². The molecule has 9 heteroatoms. The van der Waals surface area contributed by atoms with Gasteiger partial charge in [0.25, 0.3) is 11.8 Å². The van der Waals surface area contributed by atoms with E-state index in [9.17, 15) is 19.2 Å². The Hall–Kier alpha value is -2.78. The number of carbonyl (C=O) groups excluding carboxylic acids is 4. The molecule has 1 aromatic rings. The molecule has 0 aliphatic carbocycles. The van der Waals surface area contributed by atoms with E-state index < -0.39 is 17.6 Å². The molecular weight excluding hydrogens is 374 g/mol. The van der Waals surface area contributed by atoms with Crippen molar-refractivity contribution in [1.82, 2.24) is 4.90 Å². The minimum atomic E-state index is -0.927. The molecule has 0 atom stereocenters. The van der Waals surface area contributed by atoms with E-state index in [-0.39, 0.29) is 15.8 Å². The van der Waals surface area contributed by atoms with Gasteiger partial charge < -0.3 is 11.1 Å². The summed E-state index contributed by atoms with van der Waals surface area (Å²) >= 11 is 6.19. The predicted octanol–water partition coefficient (Wildman–Crippen LogP) is 1.80. The summed E-state index contributed by atoms with van der Waals surface area (Å²) in [5.41, 5.74) is 6.21. The van der Waals surface area contributed by atoms with Gasteiger partial charge in [0.1, 0.15) is 0 Å². The van der Waals surface area contributed by atoms with Crippen molar-refractivity contribution < 1.29 is 19.2 Å². The minimum absolute atomic E-state index is 0.180. The monoisotopic (exact) mass is 389 g/mol. The highest BCUT2D eigenvalue weighted by molar-refractivity contribution is 8.26. The number of ketones is 1. The molecule has 0 bridgehead atoms. The molecule has 1 aromatic carbocycles. The number of thiocarbonyl (C=S) groups is 1. The van der Waals surface area contributed by atoms with Crippen molar-refractivity contribution in [3.8, 4) is 0 Å². The molecule has 2 rings (SSSR count). The van der Waals surface area contributed by atoms with Gasteiger partial charge in [-0.2, -0.15) is 0 Å². The number of primary amides is 1. The molecule has 0 radical (unpaired) electrons. The molecule has 26 heavy (non-hydrogen) atoms. The smallest absolute Gasteiger partial charge is 0.270 e. The summed E-state index contributed by atoms with van der Waals surface area (Å²) in [6.45, 7) is 2.59. The van der Waals surface area contributed by atoms with Crippen LogP contribution < -0.4 is 11.1 Å². The number of hydrogen-bond donors (Lipinski definition) is 2. The lowest BCUT2D eigenvalue weighted by Gasteiger charge is -2.09. The summed E-state index contributed by atoms with van der Waals surface area (Å²) in [6.07, 6.45) is 2.70. The summed E-state index contributed by atoms with van der Waals surface area (Å²) in [6, 6.07) is 6.87. The normalized spacial score (nSPS) is 16.2. The van der Waals surface area contributed by atoms with E-state index in [0.29, 0.717) is 10.6 Å². The number of nitrogens with one attached hydrogen (secondary N) is 1. The third kappa shape index (κ3) is 4.64. The van der Waals surface area contributed by atoms with Crippen LogP contribution >= 0.6 is 24.0 Å². The molecule has 1 aliphatic heterocycles. The molecule has 7 nitrogen and oxygen atoms in total. The number of anilines is 1. The van der Waals surface area contributed by atoms with Crippen LogP contribution in [0.2, 0.25) is 0 Å². The largest absolute Gasteiger partial charge is 0.365 e. The van der Waals surface area contributed by atoms with Gasteiger partial charge in [-0.05, 0) is 30.7 Å². The number of nitrogens with zero attached hydrogens (tertiary/aromatic N) is 1. The van der Waals surface area contributed by atoms with E-state index in [0.717, 1.165) is 28.4 Å². The number of amides is 3. The first-order chi connectivity index (χ1) is 12.2. The van der Waals surface area contributed by atoms with E-state index in [2.05, 4.69) is 5.32 Å². The lowest BCUT2D eigenvalue weighted by Crippen LogP contribution is -2.27. The first-order valence-corrected chi connectivity index (χ1v) is 8.59. The van der Waals surface area contributed by atoms with Gasteiger partial charge in [-0.25, -0.2) is 0 Å². The van der Waals surface area contributed by atoms with E-state index in [4.69, 9.17) is 18.0 Å². The Morgan fingerprint density at radius 1 is 1.19 bits per heavy atom. The van der Waals surface area contributed by atoms with E-state index in [1.807, 2.05) is 0 Å². The lowest BCUT2D eigenvalue weighted by molar-refractivity contribution is -0.120. The summed E-state index contributed by atoms with van der Waals surface area (Å²) in [4.78, 5) is 47.7. The summed E-state index contributed by atoms with van der Waals surface area (Å²) in [7, 11) is 0. The average molecular weight is 389 g/mol. The Morgan fingerprint density at radius 3 is 2.31 bits per heavy atom. The third-order valence-corrected chi connectivity index (χ3v) is 4.59. The Bertz CT molecular complexity index is 856. The van der Waals surface area contributed by atoms with Crippen LogP contribution in [-0.4, -0.2) is 32.7 Å². The molecule has 0 spiro atoms. The van der Waals surface area contributed by atoms with Gasteiger partial charge in [-0.3, -0.25) is 24.1 Å². The quantitative estimate of drug-likeness (QED) is 0.344. The maximum Gasteiger partial charge on any atom is 0.270 e. The highest BCUT2D eigenvalue weighted by Crippen LogP contribution is 2.33. The van der Waals surface area contributed by atoms with Crippen LogP contribution in [-0.2, 0) is 19.2 Å². The number of Topliss-reactive ketones (excluding diaryl/α,β-unsaturated/α-hetero) is 1. The van der Waals surface area contributed by atoms with Gasteiger partial charge in [0.15, 0.2) is 10.1 Å². The molecule has 0 unspecified atom stereocenters. The number of carbonyl (C=O) groups is 4. The maximum atomic E-state index is 12.5. The molecule has 1 aliphatic rings. The fraction of sp³-hybridized carbons (Fsp3) is 0.118. The molecule has 0 aromatic heterocycles. The van der Waals surface area contributed by atoms with E-state index in [1.54, 1.807) is 30.3 Å². The van der Waals surface area contributed by atoms with Crippen LogP contribution in [0.5, 0.6) is 0 Å². The van der Waals surface area contributed by atoms with E-state index in [1.165, 1.54) is 13.8 Å². The number of hydrogen-bond acceptors (Lipinski definition) is 6. The Kier molecular flexibility index (Phi) is 6.06. The molecule has 3 amide bonds. The van der Waals surface area contributed by atoms with Crippen molar-refractivity contribution in [3.05, 3.63) is 46.5 Å². The van der Waals surface area contributed by atoms with Crippen LogP contribution in [0, 0.1) is 0 Å². The predicted molar refractivity (Wildman–Crippen MR) is 104 cm³/mol. The topological polar surface area (TPSA) is 110 Å². The van der Waals surface area contributed by atoms with Crippen LogP contribution in [0.1, 0.15) is 19.4 Å². The second-order valence-electron chi connectivity index (χ2n) is 5.32. The van der Waals surface area contributed by atoms with Gasteiger partial charge in [0.05, 0.1) is 10.5 Å². The first kappa shape index (κ1) is 19.5. The van der Waals surface area contributed by atoms with Crippen LogP contribution in [0.15, 0.2) is 40.9 Å². The van der Waals surface area contributed by atoms with E-state index >= 15 is 0 Å². The second kappa shape index (κ2) is 8.07. The maximum absolute atomic E-state index is 12.5. The summed E-state index contributed by atoms with van der Waals surface area (Å²) < 4.78 is 0.191. The number of thioether (sulfide) groups is 1. The van der Waals surface area contributed by atoms with Crippen LogP contribution in [0.4, 0.5) is 5.69 Å². The lowest BCUT2D eigenvalue weighted by atomic mass is 10.2. The van der Waals surface area contributed by atoms with Crippen LogP contribution in [0.3, 0.4) is 0 Å². The fourth-order valence-electron chi connectivity index (χ4n) is 2.07. The SMILES string of the molecule is CC(=O)Nc1ccc(C=C2SC(=S)N(C=C(C(C)=O)C(N)=O)C2=O)cc1. The third-order valence-electron chi connectivity index (χ3n) is 3.26. The van der Waals surface area contributed by atoms with Crippen molar-refractivity contribution in [1.29, 1.82) is 0 Å². The zero-order valence-corrected chi connectivity index (χ0v) is 15.6. The van der Waals surface area contributed by atoms with Gasteiger partial charge in [0, 0.05) is 18.8 Å². The Balaban J connectivity index is 2.26. The van der Waals surface area contributed by atoms with Crippen molar-refractivity contribution in [2.75, 3.05) is 5.32 Å². The van der Waals surface area contributed by atoms with Gasteiger partial charge >= 0.3 is 0 Å².